The zero-order valence-corrected chi connectivity index (χ0v) is 22.9. The smallest absolute Gasteiger partial charge is 0.268 e. The summed E-state index contributed by atoms with van der Waals surface area (Å²) in [6.07, 6.45) is 15.8. The number of likely N-dealkylation sites (N-methyl/N-ethyl adjacent to an activating group) is 1. The number of phosphoric acid groups is 1. The zero-order chi connectivity index (χ0) is 25.9. The molecule has 0 radical (unpaired) electrons. The number of unbranched alkanes of at least 4 members (excludes halogenated alkanes) is 6. The van der Waals surface area contributed by atoms with E-state index < -0.39 is 26.6 Å². The van der Waals surface area contributed by atoms with Crippen molar-refractivity contribution in [1.29, 1.82) is 0 Å². The van der Waals surface area contributed by atoms with E-state index in [-0.39, 0.29) is 12.5 Å². The van der Waals surface area contributed by atoms with Gasteiger partial charge in [-0.25, -0.2) is 0 Å². The molecular weight excluding hydrogens is 455 g/mol. The number of aliphatic hydroxyl groups excluding tert-OH is 1. The van der Waals surface area contributed by atoms with Crippen LogP contribution in [0.25, 0.3) is 0 Å². The first kappa shape index (κ1) is 33.0. The molecule has 0 aromatic rings. The van der Waals surface area contributed by atoms with E-state index in [1.54, 1.807) is 6.08 Å². The Labute approximate surface area is 207 Å². The summed E-state index contributed by atoms with van der Waals surface area (Å²) < 4.78 is 22.6. The Balaban J connectivity index is 4.82. The number of carbonyl (C=O) groups excluding carboxylic acids is 1. The summed E-state index contributed by atoms with van der Waals surface area (Å²) in [7, 11) is 1.23. The van der Waals surface area contributed by atoms with Gasteiger partial charge in [0.25, 0.3) is 7.82 Å². The minimum atomic E-state index is -4.55. The van der Waals surface area contributed by atoms with E-state index in [0.29, 0.717) is 17.4 Å². The molecule has 3 unspecified atom stereocenters. The fourth-order valence-electron chi connectivity index (χ4n) is 2.97. The lowest BCUT2D eigenvalue weighted by Crippen LogP contribution is -2.45. The van der Waals surface area contributed by atoms with Crippen molar-refractivity contribution in [2.75, 3.05) is 40.9 Å². The standard InChI is InChI=1S/C25H49N2O6P/c1-6-8-10-12-13-14-15-16-18-24(28)23(26-25(29)19-17-11-9-7-2)22-33-34(30,31)32-21-20-27(3,4)5/h12-13,16,18,23-24,28H,6-11,14-15,17,19-22H2,1-5H3,(H-,26,29,30,31)/b13-12+,18-16+. The molecule has 0 saturated heterocycles. The lowest BCUT2D eigenvalue weighted by Gasteiger charge is -2.29. The molecule has 0 rings (SSSR count). The Morgan fingerprint density at radius 3 is 2.29 bits per heavy atom. The summed E-state index contributed by atoms with van der Waals surface area (Å²) in [4.78, 5) is 24.5. The third-order valence-electron chi connectivity index (χ3n) is 5.16. The number of quaternary nitrogens is 1. The number of nitrogens with one attached hydrogen (secondary N) is 1. The molecule has 0 spiro atoms. The van der Waals surface area contributed by atoms with Crippen LogP contribution in [-0.4, -0.2) is 68.5 Å². The van der Waals surface area contributed by atoms with E-state index in [2.05, 4.69) is 31.3 Å². The first-order chi connectivity index (χ1) is 16.0. The van der Waals surface area contributed by atoms with Crippen LogP contribution in [0.15, 0.2) is 24.3 Å². The van der Waals surface area contributed by atoms with Crippen molar-refractivity contribution in [3.8, 4) is 0 Å². The highest BCUT2D eigenvalue weighted by molar-refractivity contribution is 7.45. The Hall–Kier alpha value is -1.02. The molecule has 0 aliphatic carbocycles. The molecule has 200 valence electrons. The van der Waals surface area contributed by atoms with E-state index in [1.807, 2.05) is 27.2 Å². The minimum Gasteiger partial charge on any atom is -0.756 e. The highest BCUT2D eigenvalue weighted by atomic mass is 31.2. The number of carbonyl (C=O) groups is 1. The number of hydrogen-bond acceptors (Lipinski definition) is 6. The van der Waals surface area contributed by atoms with Crippen LogP contribution in [0.5, 0.6) is 0 Å². The second-order valence-electron chi connectivity index (χ2n) is 9.68. The van der Waals surface area contributed by atoms with Crippen LogP contribution in [-0.2, 0) is 18.4 Å². The molecule has 34 heavy (non-hydrogen) atoms. The number of rotatable bonds is 21. The Kier molecular flexibility index (Phi) is 18.6. The molecule has 8 nitrogen and oxygen atoms in total. The second-order valence-corrected chi connectivity index (χ2v) is 11.1. The number of nitrogens with zero attached hydrogens (tertiary/aromatic N) is 1. The van der Waals surface area contributed by atoms with Crippen LogP contribution in [0.1, 0.15) is 78.1 Å². The van der Waals surface area contributed by atoms with Crippen LogP contribution in [0.2, 0.25) is 0 Å². The number of hydrogen-bond donors (Lipinski definition) is 2. The Bertz CT molecular complexity index is 633. The Morgan fingerprint density at radius 2 is 1.65 bits per heavy atom. The number of phosphoric ester groups is 1. The van der Waals surface area contributed by atoms with Gasteiger partial charge in [0.05, 0.1) is 39.9 Å². The van der Waals surface area contributed by atoms with Gasteiger partial charge >= 0.3 is 0 Å². The molecule has 0 saturated carbocycles. The lowest BCUT2D eigenvalue weighted by molar-refractivity contribution is -0.870. The normalized spacial score (nSPS) is 16.1. The highest BCUT2D eigenvalue weighted by Crippen LogP contribution is 2.38. The van der Waals surface area contributed by atoms with E-state index in [9.17, 15) is 19.4 Å². The molecule has 0 fully saturated rings. The molecule has 0 aromatic carbocycles. The third-order valence-corrected chi connectivity index (χ3v) is 6.13. The van der Waals surface area contributed by atoms with Gasteiger partial charge in [-0.1, -0.05) is 70.3 Å². The van der Waals surface area contributed by atoms with Crippen LogP contribution in [0.3, 0.4) is 0 Å². The molecular formula is C25H49N2O6P. The van der Waals surface area contributed by atoms with Crippen molar-refractivity contribution < 1.29 is 32.9 Å². The monoisotopic (exact) mass is 504 g/mol. The lowest BCUT2D eigenvalue weighted by atomic mass is 10.1. The van der Waals surface area contributed by atoms with Gasteiger partial charge in [-0.3, -0.25) is 9.36 Å². The fourth-order valence-corrected chi connectivity index (χ4v) is 3.70. The van der Waals surface area contributed by atoms with Gasteiger partial charge in [0.15, 0.2) is 0 Å². The van der Waals surface area contributed by atoms with Crippen molar-refractivity contribution in [3.63, 3.8) is 0 Å². The molecule has 2 N–H and O–H groups in total. The largest absolute Gasteiger partial charge is 0.756 e. The van der Waals surface area contributed by atoms with E-state index in [0.717, 1.165) is 44.9 Å². The van der Waals surface area contributed by atoms with Gasteiger partial charge in [0.2, 0.25) is 5.91 Å². The quantitative estimate of drug-likeness (QED) is 0.105. The Morgan fingerprint density at radius 1 is 1.00 bits per heavy atom. The van der Waals surface area contributed by atoms with Gasteiger partial charge in [-0.05, 0) is 25.7 Å². The first-order valence-electron chi connectivity index (χ1n) is 12.7. The van der Waals surface area contributed by atoms with Gasteiger partial charge in [-0.2, -0.15) is 0 Å². The topological polar surface area (TPSA) is 108 Å². The number of amides is 1. The number of allylic oxidation sites excluding steroid dienone is 3. The number of aliphatic hydroxyl groups is 1. The molecule has 0 aromatic heterocycles. The average molecular weight is 505 g/mol. The first-order valence-corrected chi connectivity index (χ1v) is 14.2. The summed E-state index contributed by atoms with van der Waals surface area (Å²) in [5, 5.41) is 13.3. The van der Waals surface area contributed by atoms with Crippen molar-refractivity contribution in [2.24, 2.45) is 0 Å². The average Bonchev–Trinajstić information content (AvgIpc) is 2.74. The molecule has 0 heterocycles. The molecule has 0 bridgehead atoms. The summed E-state index contributed by atoms with van der Waals surface area (Å²) >= 11 is 0. The maximum atomic E-state index is 12.3. The fraction of sp³-hybridized carbons (Fsp3) is 0.800. The summed E-state index contributed by atoms with van der Waals surface area (Å²) in [6, 6.07) is -0.890. The van der Waals surface area contributed by atoms with Gasteiger partial charge in [0.1, 0.15) is 13.2 Å². The second kappa shape index (κ2) is 19.2. The van der Waals surface area contributed by atoms with Gasteiger partial charge < -0.3 is 28.8 Å². The third kappa shape index (κ3) is 20.4. The molecule has 1 amide bonds. The summed E-state index contributed by atoms with van der Waals surface area (Å²) in [5.41, 5.74) is 0. The molecule has 0 aliphatic rings. The maximum Gasteiger partial charge on any atom is 0.268 e. The molecule has 0 aliphatic heterocycles. The highest BCUT2D eigenvalue weighted by Gasteiger charge is 2.23. The van der Waals surface area contributed by atoms with Crippen LogP contribution < -0.4 is 10.2 Å². The van der Waals surface area contributed by atoms with Crippen LogP contribution in [0.4, 0.5) is 0 Å². The van der Waals surface area contributed by atoms with E-state index >= 15 is 0 Å². The zero-order valence-electron chi connectivity index (χ0n) is 22.0. The predicted octanol–water partition coefficient (Wildman–Crippen LogP) is 4.09. The SMILES string of the molecule is CCCC/C=C/CC/C=C/C(O)C(COP(=O)([O-])OCC[N+](C)(C)C)NC(=O)CCCCCC. The van der Waals surface area contributed by atoms with Crippen molar-refractivity contribution in [2.45, 2.75) is 90.2 Å². The molecule has 3 atom stereocenters. The summed E-state index contributed by atoms with van der Waals surface area (Å²) in [6.45, 7) is 4.35. The molecule has 9 heteroatoms. The van der Waals surface area contributed by atoms with Crippen molar-refractivity contribution in [3.05, 3.63) is 24.3 Å². The van der Waals surface area contributed by atoms with Gasteiger partial charge in [0, 0.05) is 6.42 Å². The predicted molar refractivity (Wildman–Crippen MR) is 136 cm³/mol. The van der Waals surface area contributed by atoms with Crippen molar-refractivity contribution >= 4 is 13.7 Å². The van der Waals surface area contributed by atoms with Crippen molar-refractivity contribution in [1.82, 2.24) is 5.32 Å². The van der Waals surface area contributed by atoms with E-state index in [4.69, 9.17) is 9.05 Å². The van der Waals surface area contributed by atoms with E-state index in [1.165, 1.54) is 12.8 Å². The van der Waals surface area contributed by atoms with Crippen LogP contribution >= 0.6 is 7.82 Å². The minimum absolute atomic E-state index is 0.00698. The summed E-state index contributed by atoms with van der Waals surface area (Å²) in [5.74, 6) is -0.234. The van der Waals surface area contributed by atoms with Crippen LogP contribution in [0, 0.1) is 0 Å². The maximum absolute atomic E-state index is 12.3. The van der Waals surface area contributed by atoms with Gasteiger partial charge in [-0.15, -0.1) is 0 Å².